The van der Waals surface area contributed by atoms with Crippen molar-refractivity contribution in [1.82, 2.24) is 4.98 Å². The second kappa shape index (κ2) is 7.80. The minimum Gasteiger partial charge on any atom is -0.456 e. The summed E-state index contributed by atoms with van der Waals surface area (Å²) in [6.07, 6.45) is 0. The average molecular weight is 386 g/mol. The van der Waals surface area contributed by atoms with Crippen LogP contribution in [0.1, 0.15) is 34.1 Å². The summed E-state index contributed by atoms with van der Waals surface area (Å²) >= 11 is 2.79. The van der Waals surface area contributed by atoms with E-state index in [-0.39, 0.29) is 18.5 Å². The largest absolute Gasteiger partial charge is 0.456 e. The molecule has 0 unspecified atom stereocenters. The van der Waals surface area contributed by atoms with Gasteiger partial charge in [0.25, 0.3) is 0 Å². The molecule has 7 heteroatoms. The molecule has 0 radical (unpaired) electrons. The molecule has 0 aliphatic carbocycles. The molecule has 0 N–H and O–H groups in total. The number of hydrogen-bond acceptors (Lipinski definition) is 6. The van der Waals surface area contributed by atoms with Gasteiger partial charge in [0.05, 0.1) is 16.9 Å². The molecule has 2 aromatic heterocycles. The molecule has 5 nitrogen and oxygen atoms in total. The number of thiophene rings is 1. The van der Waals surface area contributed by atoms with Crippen molar-refractivity contribution in [2.24, 2.45) is 0 Å². The zero-order valence-electron chi connectivity index (χ0n) is 14.7. The Labute approximate surface area is 159 Å². The molecule has 0 spiro atoms. The van der Waals surface area contributed by atoms with Crippen molar-refractivity contribution >= 4 is 45.4 Å². The number of nitrogens with zero attached hydrogens (tertiary/aromatic N) is 2. The fourth-order valence-electron chi connectivity index (χ4n) is 2.45. The maximum absolute atomic E-state index is 12.2. The number of esters is 1. The standard InChI is InChI=1S/C19H18N2O3S2/c1-12-5-4-6-17(13(12)2)21(14(3)22)19-20-16(11-26-19)9-24-18(23)15-7-8-25-10-15/h4-8,10-11H,9H2,1-3H3. The molecule has 26 heavy (non-hydrogen) atoms. The topological polar surface area (TPSA) is 59.5 Å². The number of thiazole rings is 1. The molecule has 134 valence electrons. The highest BCUT2D eigenvalue weighted by molar-refractivity contribution is 7.14. The fraction of sp³-hybridized carbons (Fsp3) is 0.211. The molecule has 0 bridgehead atoms. The van der Waals surface area contributed by atoms with Gasteiger partial charge in [-0.05, 0) is 42.5 Å². The van der Waals surface area contributed by atoms with Crippen LogP contribution in [-0.2, 0) is 16.1 Å². The van der Waals surface area contributed by atoms with Gasteiger partial charge in [-0.3, -0.25) is 9.69 Å². The Balaban J connectivity index is 1.79. The molecule has 3 aromatic rings. The summed E-state index contributed by atoms with van der Waals surface area (Å²) in [4.78, 5) is 30.3. The number of aryl methyl sites for hydroxylation is 1. The van der Waals surface area contributed by atoms with E-state index in [1.54, 1.807) is 21.7 Å². The first kappa shape index (κ1) is 18.3. The van der Waals surface area contributed by atoms with Gasteiger partial charge in [0.2, 0.25) is 5.91 Å². The summed E-state index contributed by atoms with van der Waals surface area (Å²) in [6, 6.07) is 7.55. The zero-order chi connectivity index (χ0) is 18.7. The number of ether oxygens (including phenoxy) is 1. The van der Waals surface area contributed by atoms with Crippen LogP contribution in [0.3, 0.4) is 0 Å². The summed E-state index contributed by atoms with van der Waals surface area (Å²) in [5.74, 6) is -0.492. The smallest absolute Gasteiger partial charge is 0.339 e. The molecule has 0 fully saturated rings. The molecular weight excluding hydrogens is 368 g/mol. The number of benzene rings is 1. The maximum atomic E-state index is 12.2. The van der Waals surface area contributed by atoms with E-state index < -0.39 is 0 Å². The third-order valence-corrected chi connectivity index (χ3v) is 5.53. The van der Waals surface area contributed by atoms with E-state index in [4.69, 9.17) is 4.74 Å². The Morgan fingerprint density at radius 2 is 2.00 bits per heavy atom. The molecule has 2 heterocycles. The van der Waals surface area contributed by atoms with Crippen LogP contribution in [0.15, 0.2) is 40.4 Å². The van der Waals surface area contributed by atoms with Gasteiger partial charge < -0.3 is 4.74 Å². The van der Waals surface area contributed by atoms with Crippen LogP contribution in [0.2, 0.25) is 0 Å². The number of rotatable bonds is 5. The van der Waals surface area contributed by atoms with Crippen LogP contribution in [0.5, 0.6) is 0 Å². The lowest BCUT2D eigenvalue weighted by atomic mass is 10.1. The number of carbonyl (C=O) groups excluding carboxylic acids is 2. The second-order valence-electron chi connectivity index (χ2n) is 5.78. The molecule has 0 aliphatic rings. The van der Waals surface area contributed by atoms with Crippen LogP contribution < -0.4 is 4.90 Å². The number of aromatic nitrogens is 1. The SMILES string of the molecule is CC(=O)N(c1nc(COC(=O)c2ccsc2)cs1)c1cccc(C)c1C. The predicted molar refractivity (Wildman–Crippen MR) is 104 cm³/mol. The van der Waals surface area contributed by atoms with Crippen molar-refractivity contribution in [2.45, 2.75) is 27.4 Å². The lowest BCUT2D eigenvalue weighted by molar-refractivity contribution is -0.115. The first-order valence-corrected chi connectivity index (χ1v) is 9.80. The lowest BCUT2D eigenvalue weighted by Crippen LogP contribution is -2.23. The van der Waals surface area contributed by atoms with Crippen LogP contribution in [-0.4, -0.2) is 16.9 Å². The normalized spacial score (nSPS) is 10.6. The van der Waals surface area contributed by atoms with Gasteiger partial charge in [0.15, 0.2) is 5.13 Å². The minimum absolute atomic E-state index is 0.0731. The van der Waals surface area contributed by atoms with Gasteiger partial charge in [-0.15, -0.1) is 11.3 Å². The first-order valence-electron chi connectivity index (χ1n) is 7.98. The van der Waals surface area contributed by atoms with Gasteiger partial charge in [-0.2, -0.15) is 11.3 Å². The summed E-state index contributed by atoms with van der Waals surface area (Å²) in [5.41, 5.74) is 4.10. The van der Waals surface area contributed by atoms with E-state index in [1.165, 1.54) is 29.6 Å². The lowest BCUT2D eigenvalue weighted by Gasteiger charge is -2.21. The van der Waals surface area contributed by atoms with E-state index >= 15 is 0 Å². The quantitative estimate of drug-likeness (QED) is 0.587. The van der Waals surface area contributed by atoms with E-state index in [2.05, 4.69) is 4.98 Å². The molecule has 0 aliphatic heterocycles. The Hall–Kier alpha value is -2.51. The molecule has 3 rings (SSSR count). The maximum Gasteiger partial charge on any atom is 0.339 e. The first-order chi connectivity index (χ1) is 12.5. The number of anilines is 2. The third-order valence-electron chi connectivity index (χ3n) is 3.97. The Kier molecular flexibility index (Phi) is 5.49. The van der Waals surface area contributed by atoms with Gasteiger partial charge >= 0.3 is 5.97 Å². The monoisotopic (exact) mass is 386 g/mol. The van der Waals surface area contributed by atoms with Crippen molar-refractivity contribution in [1.29, 1.82) is 0 Å². The van der Waals surface area contributed by atoms with Crippen molar-refractivity contribution in [3.05, 3.63) is 62.8 Å². The zero-order valence-corrected chi connectivity index (χ0v) is 16.3. The Bertz CT molecular complexity index is 932. The van der Waals surface area contributed by atoms with Gasteiger partial charge in [-0.25, -0.2) is 9.78 Å². The van der Waals surface area contributed by atoms with Gasteiger partial charge in [0.1, 0.15) is 6.61 Å². The predicted octanol–water partition coefficient (Wildman–Crippen LogP) is 4.86. The van der Waals surface area contributed by atoms with Crippen LogP contribution in [0.4, 0.5) is 10.8 Å². The van der Waals surface area contributed by atoms with Crippen molar-refractivity contribution in [2.75, 3.05) is 4.90 Å². The van der Waals surface area contributed by atoms with E-state index in [0.29, 0.717) is 16.4 Å². The average Bonchev–Trinajstić information content (AvgIpc) is 3.28. The van der Waals surface area contributed by atoms with Crippen molar-refractivity contribution in [3.8, 4) is 0 Å². The third kappa shape index (κ3) is 3.84. The van der Waals surface area contributed by atoms with E-state index in [9.17, 15) is 9.59 Å². The molecule has 1 amide bonds. The van der Waals surface area contributed by atoms with Crippen molar-refractivity contribution in [3.63, 3.8) is 0 Å². The van der Waals surface area contributed by atoms with Crippen LogP contribution in [0.25, 0.3) is 0 Å². The van der Waals surface area contributed by atoms with Gasteiger partial charge in [0, 0.05) is 17.7 Å². The number of hydrogen-bond donors (Lipinski definition) is 0. The summed E-state index contributed by atoms with van der Waals surface area (Å²) in [7, 11) is 0. The van der Waals surface area contributed by atoms with Crippen LogP contribution in [0, 0.1) is 13.8 Å². The summed E-state index contributed by atoms with van der Waals surface area (Å²) < 4.78 is 5.28. The second-order valence-corrected chi connectivity index (χ2v) is 7.40. The molecule has 0 atom stereocenters. The number of amides is 1. The van der Waals surface area contributed by atoms with E-state index in [1.807, 2.05) is 37.4 Å². The molecule has 1 aromatic carbocycles. The van der Waals surface area contributed by atoms with Crippen molar-refractivity contribution < 1.29 is 14.3 Å². The van der Waals surface area contributed by atoms with E-state index in [0.717, 1.165) is 16.8 Å². The Morgan fingerprint density at radius 1 is 1.19 bits per heavy atom. The number of carbonyl (C=O) groups is 2. The fourth-order valence-corrected chi connectivity index (χ4v) is 3.94. The molecule has 0 saturated heterocycles. The highest BCUT2D eigenvalue weighted by Crippen LogP contribution is 2.32. The summed E-state index contributed by atoms with van der Waals surface area (Å²) in [5, 5.41) is 5.93. The summed E-state index contributed by atoms with van der Waals surface area (Å²) in [6.45, 7) is 5.58. The Morgan fingerprint density at radius 3 is 2.69 bits per heavy atom. The highest BCUT2D eigenvalue weighted by atomic mass is 32.1. The van der Waals surface area contributed by atoms with Gasteiger partial charge in [-0.1, -0.05) is 12.1 Å². The highest BCUT2D eigenvalue weighted by Gasteiger charge is 2.20. The molecule has 0 saturated carbocycles. The van der Waals surface area contributed by atoms with Crippen LogP contribution >= 0.6 is 22.7 Å². The minimum atomic E-state index is -0.376. The molecular formula is C19H18N2O3S2.